The van der Waals surface area contributed by atoms with Crippen LogP contribution in [0.1, 0.15) is 175 Å². The molecule has 0 fully saturated rings. The van der Waals surface area contributed by atoms with Crippen molar-refractivity contribution in [3.8, 4) is 0 Å². The number of benzene rings is 9. The summed E-state index contributed by atoms with van der Waals surface area (Å²) in [5.74, 6) is 0. The Morgan fingerprint density at radius 1 is 0.179 bits per heavy atom. The van der Waals surface area contributed by atoms with Crippen LogP contribution >= 0.6 is 0 Å². The molecular weight excluding hydrogens is 1420 g/mol. The fraction of sp³-hybridized carbons (Fsp3) is 0.250. The Morgan fingerprint density at radius 3 is 1.18 bits per heavy atom. The van der Waals surface area contributed by atoms with Gasteiger partial charge >= 0.3 is 0 Å². The van der Waals surface area contributed by atoms with Crippen molar-refractivity contribution in [2.24, 2.45) is 0 Å². The smallest absolute Gasteiger partial charge is 0.0705 e. The van der Waals surface area contributed by atoms with E-state index in [0.29, 0.717) is 0 Å². The Labute approximate surface area is 704 Å². The van der Waals surface area contributed by atoms with Gasteiger partial charge < -0.3 is 0 Å². The summed E-state index contributed by atoms with van der Waals surface area (Å²) in [6, 6.07) is 88.7. The highest BCUT2D eigenvalue weighted by atomic mass is 14.7. The second-order valence-corrected chi connectivity index (χ2v) is 24.1. The van der Waals surface area contributed by atoms with Gasteiger partial charge in [-0.05, 0) is 197 Å². The Kier molecular flexibility index (Phi) is 55.3. The molecule has 0 unspecified atom stereocenters. The topological polar surface area (TPSA) is 116 Å². The molecule has 612 valence electrons. The minimum atomic E-state index is 1.07. The summed E-state index contributed by atoms with van der Waals surface area (Å²) < 4.78 is 0. The number of aryl methyl sites for hydroxylation is 9. The number of para-hydroxylation sites is 3. The van der Waals surface area contributed by atoms with E-state index in [4.69, 9.17) is 0 Å². The molecular formula is C108H135N9. The maximum absolute atomic E-state index is 4.38. The molecule has 9 aromatic carbocycles. The molecule has 9 aromatic heterocycles. The van der Waals surface area contributed by atoms with Gasteiger partial charge in [0.2, 0.25) is 0 Å². The molecule has 9 heteroatoms. The standard InChI is InChI=1S/9C10H9N.9C2H6/c1-8-2-3-10-7-11-5-4-9(10)6-8;1-8-2-3-9-4-5-11-7-10(9)6-8;1-8-4-5-10-9(7-8)3-2-6-11-10;1-8-4-5-9-3-2-6-11-10(9)7-8;1-8-6-11-7-9-4-2-3-5-10(8)9;1-8-6-9-4-2-3-5-10(9)11-7-8;1-8-10-5-3-2-4-9(10)6-7-11-8;1-8-6-7-11-10-5-3-2-4-9(8)10;1-8-6-7-9-4-2-3-5-10(9)11-8;9*1-2/h9*2-7H,1H3;9*1-2H3. The van der Waals surface area contributed by atoms with Crippen molar-refractivity contribution in [2.45, 2.75) is 187 Å². The third-order valence-electron chi connectivity index (χ3n) is 16.2. The van der Waals surface area contributed by atoms with Crippen LogP contribution < -0.4 is 0 Å². The molecule has 0 spiro atoms. The van der Waals surface area contributed by atoms with E-state index < -0.39 is 0 Å². The largest absolute Gasteiger partial charge is 0.264 e. The van der Waals surface area contributed by atoms with Crippen molar-refractivity contribution in [3.63, 3.8) is 0 Å². The van der Waals surface area contributed by atoms with Gasteiger partial charge in [-0.25, -0.2) is 0 Å². The van der Waals surface area contributed by atoms with Crippen molar-refractivity contribution in [1.82, 2.24) is 44.9 Å². The van der Waals surface area contributed by atoms with Gasteiger partial charge in [0.05, 0.1) is 27.6 Å². The van der Waals surface area contributed by atoms with Crippen LogP contribution in [0, 0.1) is 62.3 Å². The summed E-state index contributed by atoms with van der Waals surface area (Å²) in [4.78, 5) is 37.8. The van der Waals surface area contributed by atoms with Crippen LogP contribution in [0.2, 0.25) is 0 Å². The van der Waals surface area contributed by atoms with Crippen molar-refractivity contribution >= 4 is 97.6 Å². The number of hydrogen-bond acceptors (Lipinski definition) is 9. The van der Waals surface area contributed by atoms with E-state index >= 15 is 0 Å². The predicted molar refractivity (Wildman–Crippen MR) is 520 cm³/mol. The molecule has 0 aliphatic heterocycles. The lowest BCUT2D eigenvalue weighted by atomic mass is 10.1. The highest BCUT2D eigenvalue weighted by molar-refractivity contribution is 5.87. The molecule has 0 bridgehead atoms. The average molecular weight is 1560 g/mol. The molecule has 0 atom stereocenters. The van der Waals surface area contributed by atoms with Crippen LogP contribution in [0.5, 0.6) is 0 Å². The Bertz CT molecular complexity index is 4800. The van der Waals surface area contributed by atoms with Gasteiger partial charge in [0, 0.05) is 128 Å². The Hall–Kier alpha value is -12.3. The monoisotopic (exact) mass is 1560 g/mol. The first-order chi connectivity index (χ1) is 57.3. The summed E-state index contributed by atoms with van der Waals surface area (Å²) in [5, 5.41) is 16.0. The van der Waals surface area contributed by atoms with E-state index in [1.807, 2.05) is 328 Å². The van der Waals surface area contributed by atoms with Gasteiger partial charge in [0.1, 0.15) is 0 Å². The second-order valence-electron chi connectivity index (χ2n) is 24.1. The molecule has 0 aliphatic rings. The van der Waals surface area contributed by atoms with Gasteiger partial charge in [-0.3, -0.25) is 44.9 Å². The SMILES string of the molecule is CC.CC.CC.CC.CC.CC.CC.CC.CC.Cc1ccc2ccccc2n1.Cc1ccc2cccnc2c1.Cc1ccc2ccncc2c1.Cc1ccc2cnccc2c1.Cc1ccc2ncccc2c1.Cc1ccnc2ccccc12.Cc1cnc2ccccc2c1.Cc1cncc2ccccc12.Cc1nccc2ccccc12. The van der Waals surface area contributed by atoms with E-state index in [9.17, 15) is 0 Å². The van der Waals surface area contributed by atoms with Crippen molar-refractivity contribution in [3.05, 3.63) is 379 Å². The fourth-order valence-electron chi connectivity index (χ4n) is 10.9. The molecule has 0 N–H and O–H groups in total. The number of aromatic nitrogens is 9. The van der Waals surface area contributed by atoms with Crippen molar-refractivity contribution < 1.29 is 0 Å². The number of hydrogen-bond donors (Lipinski definition) is 0. The number of rotatable bonds is 0. The Morgan fingerprint density at radius 2 is 0.573 bits per heavy atom. The van der Waals surface area contributed by atoms with Crippen molar-refractivity contribution in [2.75, 3.05) is 0 Å². The fourth-order valence-corrected chi connectivity index (χ4v) is 10.9. The van der Waals surface area contributed by atoms with Crippen LogP contribution in [-0.2, 0) is 0 Å². The first kappa shape index (κ1) is 103. The van der Waals surface area contributed by atoms with Crippen LogP contribution in [0.4, 0.5) is 0 Å². The Balaban J connectivity index is 0.000000642. The molecule has 9 heterocycles. The predicted octanol–water partition coefficient (Wildman–Crippen LogP) is 32.1. The summed E-state index contributed by atoms with van der Waals surface area (Å²) in [6.07, 6.45) is 20.4. The van der Waals surface area contributed by atoms with Crippen LogP contribution in [0.15, 0.2) is 329 Å². The van der Waals surface area contributed by atoms with Gasteiger partial charge in [0.25, 0.3) is 0 Å². The van der Waals surface area contributed by atoms with Crippen molar-refractivity contribution in [1.29, 1.82) is 0 Å². The molecule has 18 aromatic rings. The van der Waals surface area contributed by atoms with Crippen LogP contribution in [0.25, 0.3) is 97.6 Å². The van der Waals surface area contributed by atoms with E-state index in [1.165, 1.54) is 109 Å². The zero-order chi connectivity index (χ0) is 87.1. The number of nitrogens with zero attached hydrogens (tertiary/aromatic N) is 9. The maximum Gasteiger partial charge on any atom is 0.0705 e. The molecule has 117 heavy (non-hydrogen) atoms. The highest BCUT2D eigenvalue weighted by Crippen LogP contribution is 2.20. The van der Waals surface area contributed by atoms with Gasteiger partial charge in [-0.15, -0.1) is 0 Å². The molecule has 0 saturated heterocycles. The lowest BCUT2D eigenvalue weighted by Crippen LogP contribution is -1.80. The second kappa shape index (κ2) is 63.0. The molecule has 9 nitrogen and oxygen atoms in total. The summed E-state index contributed by atoms with van der Waals surface area (Å²) >= 11 is 0. The van der Waals surface area contributed by atoms with E-state index in [1.54, 1.807) is 0 Å². The van der Waals surface area contributed by atoms with Gasteiger partial charge in [0.15, 0.2) is 0 Å². The zero-order valence-electron chi connectivity index (χ0n) is 75.7. The quantitative estimate of drug-likeness (QED) is 0.146. The minimum Gasteiger partial charge on any atom is -0.264 e. The summed E-state index contributed by atoms with van der Waals surface area (Å²) in [5.41, 5.74) is 16.4. The maximum atomic E-state index is 4.38. The minimum absolute atomic E-state index is 1.07. The molecule has 18 rings (SSSR count). The molecule has 0 aliphatic carbocycles. The van der Waals surface area contributed by atoms with Crippen LogP contribution in [0.3, 0.4) is 0 Å². The van der Waals surface area contributed by atoms with Crippen LogP contribution in [-0.4, -0.2) is 44.9 Å². The lowest BCUT2D eigenvalue weighted by Gasteiger charge is -1.98. The third-order valence-corrected chi connectivity index (χ3v) is 16.2. The third kappa shape index (κ3) is 36.8. The summed E-state index contributed by atoms with van der Waals surface area (Å²) in [7, 11) is 0. The molecule has 0 amide bonds. The normalized spacial score (nSPS) is 9.15. The van der Waals surface area contributed by atoms with Gasteiger partial charge in [-0.2, -0.15) is 0 Å². The van der Waals surface area contributed by atoms with E-state index in [-0.39, 0.29) is 0 Å². The van der Waals surface area contributed by atoms with Gasteiger partial charge in [-0.1, -0.05) is 311 Å². The highest BCUT2D eigenvalue weighted by Gasteiger charge is 1.99. The van der Waals surface area contributed by atoms with E-state index in [2.05, 4.69) is 233 Å². The molecule has 0 radical (unpaired) electrons. The first-order valence-corrected chi connectivity index (χ1v) is 42.1. The zero-order valence-corrected chi connectivity index (χ0v) is 75.7. The lowest BCUT2D eigenvalue weighted by molar-refractivity contribution is 1.24. The average Bonchev–Trinajstić information content (AvgIpc) is 0.839. The van der Waals surface area contributed by atoms with E-state index in [0.717, 1.165) is 39.0 Å². The number of pyridine rings is 9. The molecule has 0 saturated carbocycles. The summed E-state index contributed by atoms with van der Waals surface area (Å²) in [6.45, 7) is 54.6. The number of fused-ring (bicyclic) bond motifs is 9. The first-order valence-electron chi connectivity index (χ1n) is 42.1.